The molecule has 6 heteroatoms. The summed E-state index contributed by atoms with van der Waals surface area (Å²) in [6.07, 6.45) is 12.7. The van der Waals surface area contributed by atoms with Gasteiger partial charge >= 0.3 is 0 Å². The van der Waals surface area contributed by atoms with E-state index < -0.39 is 0 Å². The van der Waals surface area contributed by atoms with Gasteiger partial charge in [-0.25, -0.2) is 9.97 Å². The Bertz CT molecular complexity index is 1280. The van der Waals surface area contributed by atoms with E-state index in [1.807, 2.05) is 31.0 Å². The molecular weight excluding hydrogens is 398 g/mol. The molecule has 6 nitrogen and oxygen atoms in total. The van der Waals surface area contributed by atoms with E-state index in [4.69, 9.17) is 0 Å². The van der Waals surface area contributed by atoms with Crippen molar-refractivity contribution in [3.63, 3.8) is 0 Å². The van der Waals surface area contributed by atoms with Gasteiger partial charge in [-0.1, -0.05) is 24.3 Å². The number of hydrogen-bond donors (Lipinski definition) is 2. The first-order valence-corrected chi connectivity index (χ1v) is 11.5. The van der Waals surface area contributed by atoms with Crippen LogP contribution in [0.1, 0.15) is 45.1 Å². The minimum Gasteiger partial charge on any atom is -0.351 e. The molecule has 2 aliphatic rings. The van der Waals surface area contributed by atoms with E-state index in [0.717, 1.165) is 65.5 Å². The minimum absolute atomic E-state index is 0.0538. The number of nitrogens with one attached hydrogen (secondary N) is 2. The Labute approximate surface area is 187 Å². The highest BCUT2D eigenvalue weighted by Gasteiger charge is 2.41. The fraction of sp³-hybridized carbons (Fsp3) is 0.346. The first kappa shape index (κ1) is 19.3. The average molecular weight is 426 g/mol. The van der Waals surface area contributed by atoms with E-state index in [1.165, 1.54) is 0 Å². The van der Waals surface area contributed by atoms with Crippen molar-refractivity contribution in [1.29, 1.82) is 0 Å². The van der Waals surface area contributed by atoms with Crippen LogP contribution in [0.2, 0.25) is 0 Å². The predicted molar refractivity (Wildman–Crippen MR) is 125 cm³/mol. The van der Waals surface area contributed by atoms with Gasteiger partial charge in [-0.2, -0.15) is 0 Å². The predicted octanol–water partition coefficient (Wildman–Crippen LogP) is 5.10. The number of nitrogens with zero attached hydrogens (tertiary/aromatic N) is 3. The third kappa shape index (κ3) is 3.49. The van der Waals surface area contributed by atoms with Crippen molar-refractivity contribution in [3.8, 4) is 22.4 Å². The summed E-state index contributed by atoms with van der Waals surface area (Å²) in [6, 6.07) is 13.1. The molecule has 0 spiro atoms. The van der Waals surface area contributed by atoms with Gasteiger partial charge in [0.1, 0.15) is 5.65 Å². The Morgan fingerprint density at radius 1 is 1.09 bits per heavy atom. The van der Waals surface area contributed by atoms with E-state index in [1.54, 1.807) is 0 Å². The standard InChI is InChI=1S/C26H27N5O/c1-26(9-10-26)30-25(32)20-6-7-22(13-20)31-16-27-15-23(31)18-4-2-17(3-5-18)21-12-19-8-11-28-24(19)29-14-21/h2-5,8,11-12,14-16,20,22H,6-7,9-10,13H2,1H3,(H,28,29)(H,30,32). The molecule has 3 heterocycles. The molecule has 32 heavy (non-hydrogen) atoms. The monoisotopic (exact) mass is 425 g/mol. The first-order chi connectivity index (χ1) is 15.6. The van der Waals surface area contributed by atoms with Crippen molar-refractivity contribution in [2.75, 3.05) is 0 Å². The van der Waals surface area contributed by atoms with Crippen LogP contribution in [0.5, 0.6) is 0 Å². The van der Waals surface area contributed by atoms with Crippen LogP contribution in [0.15, 0.2) is 61.3 Å². The normalized spacial score (nSPS) is 21.7. The van der Waals surface area contributed by atoms with Crippen molar-refractivity contribution in [2.45, 2.75) is 50.6 Å². The number of benzene rings is 1. The van der Waals surface area contributed by atoms with E-state index in [0.29, 0.717) is 6.04 Å². The number of imidazole rings is 1. The molecule has 0 aliphatic heterocycles. The van der Waals surface area contributed by atoms with E-state index in [9.17, 15) is 4.79 Å². The van der Waals surface area contributed by atoms with Crippen molar-refractivity contribution in [2.24, 2.45) is 5.92 Å². The highest BCUT2D eigenvalue weighted by Crippen LogP contribution is 2.40. The van der Waals surface area contributed by atoms with E-state index >= 15 is 0 Å². The number of fused-ring (bicyclic) bond motifs is 1. The Hall–Kier alpha value is -3.41. The van der Waals surface area contributed by atoms with E-state index in [2.05, 4.69) is 62.1 Å². The Morgan fingerprint density at radius 2 is 1.91 bits per heavy atom. The van der Waals surface area contributed by atoms with Gasteiger partial charge in [-0.3, -0.25) is 4.79 Å². The van der Waals surface area contributed by atoms with Crippen molar-refractivity contribution < 1.29 is 4.79 Å². The zero-order chi connectivity index (χ0) is 21.7. The van der Waals surface area contributed by atoms with Crippen LogP contribution in [-0.2, 0) is 4.79 Å². The van der Waals surface area contributed by atoms with Gasteiger partial charge in [0.25, 0.3) is 0 Å². The topological polar surface area (TPSA) is 75.6 Å². The number of H-pyrrole nitrogens is 1. The highest BCUT2D eigenvalue weighted by molar-refractivity contribution is 5.82. The number of pyridine rings is 1. The summed E-state index contributed by atoms with van der Waals surface area (Å²) in [5.41, 5.74) is 5.45. The third-order valence-electron chi connectivity index (χ3n) is 7.17. The molecule has 1 amide bonds. The molecule has 2 aliphatic carbocycles. The molecule has 2 atom stereocenters. The number of hydrogen-bond acceptors (Lipinski definition) is 3. The second-order valence-electron chi connectivity index (χ2n) is 9.62. The Balaban J connectivity index is 1.20. The second-order valence-corrected chi connectivity index (χ2v) is 9.62. The molecule has 1 aromatic carbocycles. The molecule has 162 valence electrons. The lowest BCUT2D eigenvalue weighted by Crippen LogP contribution is -2.38. The zero-order valence-electron chi connectivity index (χ0n) is 18.2. The highest BCUT2D eigenvalue weighted by atomic mass is 16.2. The van der Waals surface area contributed by atoms with Crippen LogP contribution in [0.4, 0.5) is 0 Å². The second kappa shape index (κ2) is 7.33. The van der Waals surface area contributed by atoms with Gasteiger partial charge in [0, 0.05) is 40.8 Å². The average Bonchev–Trinajstić information content (AvgIpc) is 3.28. The maximum atomic E-state index is 12.7. The summed E-state index contributed by atoms with van der Waals surface area (Å²) in [4.78, 5) is 24.7. The summed E-state index contributed by atoms with van der Waals surface area (Å²) < 4.78 is 2.26. The Kier molecular flexibility index (Phi) is 4.42. The van der Waals surface area contributed by atoms with Gasteiger partial charge in [-0.05, 0) is 62.3 Å². The molecular formula is C26H27N5O. The van der Waals surface area contributed by atoms with E-state index in [-0.39, 0.29) is 17.4 Å². The largest absolute Gasteiger partial charge is 0.351 e. The lowest BCUT2D eigenvalue weighted by molar-refractivity contribution is -0.125. The molecule has 3 aromatic heterocycles. The number of aromatic nitrogens is 4. The van der Waals surface area contributed by atoms with Gasteiger partial charge in [-0.15, -0.1) is 0 Å². The van der Waals surface area contributed by atoms with Crippen molar-refractivity contribution in [1.82, 2.24) is 24.8 Å². The van der Waals surface area contributed by atoms with Crippen LogP contribution in [0, 0.1) is 5.92 Å². The first-order valence-electron chi connectivity index (χ1n) is 11.5. The summed E-state index contributed by atoms with van der Waals surface area (Å²) in [7, 11) is 0. The van der Waals surface area contributed by atoms with Crippen LogP contribution in [0.3, 0.4) is 0 Å². The van der Waals surface area contributed by atoms with Crippen LogP contribution >= 0.6 is 0 Å². The minimum atomic E-state index is 0.0538. The number of rotatable bonds is 5. The maximum absolute atomic E-state index is 12.7. The fourth-order valence-electron chi connectivity index (χ4n) is 4.91. The molecule has 4 aromatic rings. The Morgan fingerprint density at radius 3 is 2.72 bits per heavy atom. The van der Waals surface area contributed by atoms with Crippen molar-refractivity contribution in [3.05, 3.63) is 61.3 Å². The van der Waals surface area contributed by atoms with Crippen LogP contribution in [0.25, 0.3) is 33.4 Å². The van der Waals surface area contributed by atoms with Crippen LogP contribution in [-0.4, -0.2) is 31.0 Å². The number of carbonyl (C=O) groups excluding carboxylic acids is 1. The lowest BCUT2D eigenvalue weighted by atomic mass is 10.0. The lowest BCUT2D eigenvalue weighted by Gasteiger charge is -2.18. The molecule has 2 saturated carbocycles. The molecule has 2 unspecified atom stereocenters. The number of amides is 1. The van der Waals surface area contributed by atoms with Gasteiger partial charge in [0.2, 0.25) is 5.91 Å². The fourth-order valence-corrected chi connectivity index (χ4v) is 4.91. The summed E-state index contributed by atoms with van der Waals surface area (Å²) in [6.45, 7) is 2.14. The summed E-state index contributed by atoms with van der Waals surface area (Å²) in [5, 5.41) is 4.36. The molecule has 0 saturated heterocycles. The number of aromatic amines is 1. The molecule has 2 N–H and O–H groups in total. The smallest absolute Gasteiger partial charge is 0.223 e. The van der Waals surface area contributed by atoms with Crippen molar-refractivity contribution >= 4 is 16.9 Å². The molecule has 0 bridgehead atoms. The SMILES string of the molecule is CC1(NC(=O)C2CCC(n3cncc3-c3ccc(-c4cnc5[nH]ccc5c4)cc3)C2)CC1. The van der Waals surface area contributed by atoms with Crippen LogP contribution < -0.4 is 5.32 Å². The van der Waals surface area contributed by atoms with Gasteiger partial charge in [0.15, 0.2) is 0 Å². The summed E-state index contributed by atoms with van der Waals surface area (Å²) >= 11 is 0. The number of carbonyl (C=O) groups is 1. The molecule has 6 rings (SSSR count). The van der Waals surface area contributed by atoms with Gasteiger partial charge < -0.3 is 14.9 Å². The van der Waals surface area contributed by atoms with Gasteiger partial charge in [0.05, 0.1) is 18.2 Å². The molecule has 0 radical (unpaired) electrons. The third-order valence-corrected chi connectivity index (χ3v) is 7.17. The zero-order valence-corrected chi connectivity index (χ0v) is 18.2. The quantitative estimate of drug-likeness (QED) is 0.467. The molecule has 2 fully saturated rings. The summed E-state index contributed by atoms with van der Waals surface area (Å²) in [5.74, 6) is 0.331. The maximum Gasteiger partial charge on any atom is 0.223 e.